The Morgan fingerprint density at radius 1 is 1.12 bits per heavy atom. The Morgan fingerprint density at radius 2 is 1.79 bits per heavy atom. The van der Waals surface area contributed by atoms with Gasteiger partial charge in [-0.2, -0.15) is 0 Å². The molecule has 1 atom stereocenters. The molecule has 4 heteroatoms. The summed E-state index contributed by atoms with van der Waals surface area (Å²) in [5.74, 6) is 0.113. The van der Waals surface area contributed by atoms with Crippen molar-refractivity contribution in [2.75, 3.05) is 11.1 Å². The van der Waals surface area contributed by atoms with Gasteiger partial charge in [-0.3, -0.25) is 4.79 Å². The Labute approximate surface area is 143 Å². The monoisotopic (exact) mass is 323 g/mol. The van der Waals surface area contributed by atoms with Crippen LogP contribution in [-0.2, 0) is 11.2 Å². The summed E-state index contributed by atoms with van der Waals surface area (Å²) in [6.07, 6.45) is 2.62. The van der Waals surface area contributed by atoms with Crippen LogP contribution in [0.3, 0.4) is 0 Å². The molecule has 0 saturated heterocycles. The summed E-state index contributed by atoms with van der Waals surface area (Å²) < 4.78 is 0. The van der Waals surface area contributed by atoms with Crippen LogP contribution in [0.4, 0.5) is 11.4 Å². The third-order valence-electron chi connectivity index (χ3n) is 3.84. The predicted molar refractivity (Wildman–Crippen MR) is 102 cm³/mol. The minimum atomic E-state index is -0.261. The van der Waals surface area contributed by atoms with Gasteiger partial charge in [0, 0.05) is 34.9 Å². The molecule has 1 unspecified atom stereocenters. The van der Waals surface area contributed by atoms with Crippen LogP contribution in [0.1, 0.15) is 26.3 Å². The molecule has 0 saturated carbocycles. The highest BCUT2D eigenvalue weighted by atomic mass is 16.1. The van der Waals surface area contributed by atoms with Gasteiger partial charge in [0.1, 0.15) is 0 Å². The molecular weight excluding hydrogens is 298 g/mol. The molecule has 3 aromatic rings. The first kappa shape index (κ1) is 17.6. The van der Waals surface area contributed by atoms with Crippen molar-refractivity contribution >= 4 is 28.1 Å². The van der Waals surface area contributed by atoms with Gasteiger partial charge in [-0.1, -0.05) is 32.0 Å². The average molecular weight is 323 g/mol. The molecule has 4 nitrogen and oxygen atoms in total. The fourth-order valence-electron chi connectivity index (χ4n) is 2.60. The van der Waals surface area contributed by atoms with E-state index in [1.165, 1.54) is 0 Å². The zero-order chi connectivity index (χ0) is 17.5. The Bertz CT molecular complexity index is 790. The topological polar surface area (TPSA) is 70.9 Å². The molecule has 126 valence electrons. The predicted octanol–water partition coefficient (Wildman–Crippen LogP) is 4.39. The van der Waals surface area contributed by atoms with Gasteiger partial charge in [0.05, 0.1) is 6.04 Å². The van der Waals surface area contributed by atoms with Crippen LogP contribution in [0.15, 0.2) is 54.7 Å². The number of Topliss-reactive ketones (excluding diaryl/α,β-unsaturated/α-hetero) is 1. The van der Waals surface area contributed by atoms with Crippen molar-refractivity contribution in [3.8, 4) is 0 Å². The summed E-state index contributed by atoms with van der Waals surface area (Å²) in [7, 11) is 0. The summed E-state index contributed by atoms with van der Waals surface area (Å²) in [5.41, 5.74) is 9.53. The number of aromatic amines is 1. The largest absolute Gasteiger partial charge is 0.399 e. The average Bonchev–Trinajstić information content (AvgIpc) is 3.01. The molecule has 0 aliphatic carbocycles. The highest BCUT2D eigenvalue weighted by Crippen LogP contribution is 2.21. The molecule has 0 spiro atoms. The molecular formula is C20H25N3O. The zero-order valence-corrected chi connectivity index (χ0v) is 14.5. The van der Waals surface area contributed by atoms with E-state index >= 15 is 0 Å². The van der Waals surface area contributed by atoms with Gasteiger partial charge in [0.15, 0.2) is 5.78 Å². The molecule has 0 amide bonds. The lowest BCUT2D eigenvalue weighted by Gasteiger charge is -2.17. The Hall–Kier alpha value is -2.75. The number of para-hydroxylation sites is 1. The number of fused-ring (bicyclic) bond motifs is 1. The van der Waals surface area contributed by atoms with Gasteiger partial charge in [0.25, 0.3) is 0 Å². The zero-order valence-electron chi connectivity index (χ0n) is 14.5. The number of rotatable bonds is 5. The minimum absolute atomic E-state index is 0.113. The second-order valence-electron chi connectivity index (χ2n) is 5.49. The molecule has 2 aromatic carbocycles. The fraction of sp³-hybridized carbons (Fsp3) is 0.250. The van der Waals surface area contributed by atoms with Crippen LogP contribution in [-0.4, -0.2) is 16.8 Å². The number of nitrogen functional groups attached to an aromatic ring is 1. The normalized spacial score (nSPS) is 11.5. The quantitative estimate of drug-likeness (QED) is 0.610. The van der Waals surface area contributed by atoms with Crippen LogP contribution in [0.5, 0.6) is 0 Å². The maximum absolute atomic E-state index is 12.0. The highest BCUT2D eigenvalue weighted by molar-refractivity contribution is 5.87. The van der Waals surface area contributed by atoms with Gasteiger partial charge >= 0.3 is 0 Å². The van der Waals surface area contributed by atoms with Crippen molar-refractivity contribution in [1.29, 1.82) is 0 Å². The van der Waals surface area contributed by atoms with Crippen LogP contribution >= 0.6 is 0 Å². The summed E-state index contributed by atoms with van der Waals surface area (Å²) >= 11 is 0. The van der Waals surface area contributed by atoms with Crippen LogP contribution in [0.2, 0.25) is 0 Å². The molecule has 4 N–H and O–H groups in total. The number of H-pyrrole nitrogens is 1. The van der Waals surface area contributed by atoms with Gasteiger partial charge in [-0.25, -0.2) is 0 Å². The maximum Gasteiger partial charge on any atom is 0.152 e. The van der Waals surface area contributed by atoms with E-state index in [-0.39, 0.29) is 11.8 Å². The molecule has 0 aliphatic heterocycles. The maximum atomic E-state index is 12.0. The Kier molecular flexibility index (Phi) is 6.01. The molecule has 1 aromatic heterocycles. The molecule has 24 heavy (non-hydrogen) atoms. The van der Waals surface area contributed by atoms with E-state index in [1.54, 1.807) is 6.92 Å². The second kappa shape index (κ2) is 8.20. The number of anilines is 2. The number of carbonyl (C=O) groups is 1. The van der Waals surface area contributed by atoms with Gasteiger partial charge in [-0.15, -0.1) is 0 Å². The third-order valence-corrected chi connectivity index (χ3v) is 3.84. The van der Waals surface area contributed by atoms with Crippen LogP contribution in [0, 0.1) is 0 Å². The molecule has 0 aliphatic rings. The number of aromatic nitrogens is 1. The summed E-state index contributed by atoms with van der Waals surface area (Å²) in [4.78, 5) is 15.2. The fourth-order valence-corrected chi connectivity index (χ4v) is 2.60. The Balaban J connectivity index is 0.00000100. The number of nitrogens with two attached hydrogens (primary N) is 1. The first-order valence-corrected chi connectivity index (χ1v) is 8.31. The lowest BCUT2D eigenvalue weighted by atomic mass is 10.0. The first-order chi connectivity index (χ1) is 11.6. The van der Waals surface area contributed by atoms with E-state index in [9.17, 15) is 4.79 Å². The molecule has 1 heterocycles. The number of nitrogens with one attached hydrogen (secondary N) is 2. The second-order valence-corrected chi connectivity index (χ2v) is 5.49. The van der Waals surface area contributed by atoms with Crippen molar-refractivity contribution in [3.05, 3.63) is 60.3 Å². The van der Waals surface area contributed by atoms with Crippen LogP contribution in [0.25, 0.3) is 10.9 Å². The lowest BCUT2D eigenvalue weighted by Crippen LogP contribution is -2.29. The Morgan fingerprint density at radius 3 is 2.46 bits per heavy atom. The number of hydrogen-bond acceptors (Lipinski definition) is 3. The van der Waals surface area contributed by atoms with Crippen molar-refractivity contribution in [3.63, 3.8) is 0 Å². The van der Waals surface area contributed by atoms with E-state index in [0.717, 1.165) is 22.2 Å². The summed E-state index contributed by atoms with van der Waals surface area (Å²) in [5, 5.41) is 4.45. The first-order valence-electron chi connectivity index (χ1n) is 8.31. The summed E-state index contributed by atoms with van der Waals surface area (Å²) in [6, 6.07) is 15.3. The minimum Gasteiger partial charge on any atom is -0.399 e. The SMILES string of the molecule is CC.CC(=O)C(Cc1c[nH]c2ccccc12)Nc1ccc(N)cc1. The third kappa shape index (κ3) is 4.16. The molecule has 0 fully saturated rings. The van der Waals surface area contributed by atoms with Crippen molar-refractivity contribution in [1.82, 2.24) is 4.98 Å². The van der Waals surface area contributed by atoms with Gasteiger partial charge in [-0.05, 0) is 42.8 Å². The highest BCUT2D eigenvalue weighted by Gasteiger charge is 2.16. The van der Waals surface area contributed by atoms with E-state index in [1.807, 2.05) is 62.5 Å². The van der Waals surface area contributed by atoms with Crippen molar-refractivity contribution < 1.29 is 4.79 Å². The van der Waals surface area contributed by atoms with E-state index in [0.29, 0.717) is 12.1 Å². The summed E-state index contributed by atoms with van der Waals surface area (Å²) in [6.45, 7) is 5.61. The number of benzene rings is 2. The molecule has 0 bridgehead atoms. The molecule has 0 radical (unpaired) electrons. The number of hydrogen-bond donors (Lipinski definition) is 3. The van der Waals surface area contributed by atoms with Crippen molar-refractivity contribution in [2.24, 2.45) is 0 Å². The van der Waals surface area contributed by atoms with Crippen molar-refractivity contribution in [2.45, 2.75) is 33.2 Å². The van der Waals surface area contributed by atoms with E-state index in [2.05, 4.69) is 16.4 Å². The van der Waals surface area contributed by atoms with Gasteiger partial charge < -0.3 is 16.0 Å². The van der Waals surface area contributed by atoms with Gasteiger partial charge in [0.2, 0.25) is 0 Å². The van der Waals surface area contributed by atoms with E-state index < -0.39 is 0 Å². The molecule has 3 rings (SSSR count). The lowest BCUT2D eigenvalue weighted by molar-refractivity contribution is -0.117. The standard InChI is InChI=1S/C18H19N3O.C2H6/c1-12(22)18(21-15-8-6-14(19)7-9-15)10-13-11-20-17-5-3-2-4-16(13)17;1-2/h2-9,11,18,20-21H,10,19H2,1H3;1-2H3. The number of carbonyl (C=O) groups excluding carboxylic acids is 1. The number of ketones is 1. The van der Waals surface area contributed by atoms with Crippen LogP contribution < -0.4 is 11.1 Å². The van der Waals surface area contributed by atoms with E-state index in [4.69, 9.17) is 5.73 Å². The smallest absolute Gasteiger partial charge is 0.152 e.